The van der Waals surface area contributed by atoms with Gasteiger partial charge in [0.1, 0.15) is 0 Å². The molecule has 1 atom stereocenters. The number of aryl methyl sites for hydroxylation is 2. The molecule has 26 heavy (non-hydrogen) atoms. The van der Waals surface area contributed by atoms with E-state index in [-0.39, 0.29) is 12.0 Å². The average Bonchev–Trinajstić information content (AvgIpc) is 3.28. The molecule has 2 amide bonds. The van der Waals surface area contributed by atoms with Gasteiger partial charge in [-0.05, 0) is 20.8 Å². The van der Waals surface area contributed by atoms with Crippen molar-refractivity contribution in [2.75, 3.05) is 32.8 Å². The van der Waals surface area contributed by atoms with Gasteiger partial charge in [0.05, 0.1) is 18.0 Å². The Balaban J connectivity index is 1.54. The monoisotopic (exact) mass is 363 g/mol. The van der Waals surface area contributed by atoms with Crippen LogP contribution in [0.4, 0.5) is 4.79 Å². The molecule has 1 aromatic heterocycles. The van der Waals surface area contributed by atoms with Gasteiger partial charge >= 0.3 is 6.09 Å². The number of oxime groups is 1. The van der Waals surface area contributed by atoms with E-state index in [4.69, 9.17) is 9.57 Å². The molecule has 0 spiro atoms. The predicted octanol–water partition coefficient (Wildman–Crippen LogP) is 1.01. The Labute approximate surface area is 152 Å². The van der Waals surface area contributed by atoms with Crippen LogP contribution in [0.2, 0.25) is 0 Å². The molecule has 0 aromatic carbocycles. The standard InChI is InChI=1S/C17H25N5O4/c1-4-22-11-13(12(3)18-22)14-10-15(26-19-14)16(23)20-6-8-21(9-7-20)17(24)25-5-2/h11,15H,4-10H2,1-3H3/t15-/m0/s1. The fourth-order valence-electron chi connectivity index (χ4n) is 3.16. The Hall–Kier alpha value is -2.58. The predicted molar refractivity (Wildman–Crippen MR) is 93.8 cm³/mol. The van der Waals surface area contributed by atoms with Gasteiger partial charge in [-0.1, -0.05) is 5.16 Å². The number of carbonyl (C=O) groups is 2. The summed E-state index contributed by atoms with van der Waals surface area (Å²) in [4.78, 5) is 33.2. The first-order valence-corrected chi connectivity index (χ1v) is 9.01. The molecule has 142 valence electrons. The van der Waals surface area contributed by atoms with E-state index >= 15 is 0 Å². The summed E-state index contributed by atoms with van der Waals surface area (Å²) >= 11 is 0. The van der Waals surface area contributed by atoms with Crippen LogP contribution in [-0.2, 0) is 20.9 Å². The molecule has 1 aromatic rings. The smallest absolute Gasteiger partial charge is 0.409 e. The Morgan fingerprint density at radius 1 is 1.23 bits per heavy atom. The lowest BCUT2D eigenvalue weighted by atomic mass is 10.1. The topological polar surface area (TPSA) is 89.3 Å². The Bertz CT molecular complexity index is 706. The zero-order valence-corrected chi connectivity index (χ0v) is 15.5. The van der Waals surface area contributed by atoms with Crippen molar-refractivity contribution in [3.63, 3.8) is 0 Å². The van der Waals surface area contributed by atoms with Crippen molar-refractivity contribution >= 4 is 17.7 Å². The first kappa shape index (κ1) is 18.2. The number of carbonyl (C=O) groups excluding carboxylic acids is 2. The summed E-state index contributed by atoms with van der Waals surface area (Å²) in [6, 6.07) is 0. The minimum Gasteiger partial charge on any atom is -0.450 e. The van der Waals surface area contributed by atoms with Crippen LogP contribution in [0.1, 0.15) is 31.5 Å². The van der Waals surface area contributed by atoms with Gasteiger partial charge in [-0.15, -0.1) is 0 Å². The van der Waals surface area contributed by atoms with Gasteiger partial charge in [-0.2, -0.15) is 5.10 Å². The number of hydrogen-bond acceptors (Lipinski definition) is 6. The first-order chi connectivity index (χ1) is 12.5. The first-order valence-electron chi connectivity index (χ1n) is 9.01. The highest BCUT2D eigenvalue weighted by Gasteiger charge is 2.35. The second-order valence-electron chi connectivity index (χ2n) is 6.33. The summed E-state index contributed by atoms with van der Waals surface area (Å²) in [5, 5.41) is 8.52. The number of rotatable bonds is 4. The molecule has 9 heteroatoms. The van der Waals surface area contributed by atoms with Gasteiger partial charge in [0.25, 0.3) is 5.91 Å². The van der Waals surface area contributed by atoms with Crippen LogP contribution in [0.5, 0.6) is 0 Å². The van der Waals surface area contributed by atoms with Gasteiger partial charge < -0.3 is 19.4 Å². The Kier molecular flexibility index (Phi) is 5.43. The molecular weight excluding hydrogens is 338 g/mol. The van der Waals surface area contributed by atoms with E-state index in [1.807, 2.05) is 24.7 Å². The van der Waals surface area contributed by atoms with E-state index in [9.17, 15) is 9.59 Å². The molecular formula is C17H25N5O4. The minimum atomic E-state index is -0.608. The molecule has 3 heterocycles. The van der Waals surface area contributed by atoms with E-state index in [1.165, 1.54) is 0 Å². The van der Waals surface area contributed by atoms with Gasteiger partial charge in [0, 0.05) is 50.9 Å². The van der Waals surface area contributed by atoms with Crippen molar-refractivity contribution in [1.82, 2.24) is 19.6 Å². The van der Waals surface area contributed by atoms with Gasteiger partial charge in [0.2, 0.25) is 6.10 Å². The summed E-state index contributed by atoms with van der Waals surface area (Å²) in [7, 11) is 0. The van der Waals surface area contributed by atoms with Crippen LogP contribution < -0.4 is 0 Å². The SMILES string of the molecule is CCOC(=O)N1CCN(C(=O)[C@@H]2CC(c3cn(CC)nc3C)=NO2)CC1. The quantitative estimate of drug-likeness (QED) is 0.796. The molecule has 0 N–H and O–H groups in total. The third kappa shape index (κ3) is 3.66. The fourth-order valence-corrected chi connectivity index (χ4v) is 3.16. The highest BCUT2D eigenvalue weighted by molar-refractivity contribution is 6.04. The molecule has 9 nitrogen and oxygen atoms in total. The number of hydrogen-bond donors (Lipinski definition) is 0. The molecule has 2 aliphatic heterocycles. The molecule has 3 rings (SSSR count). The van der Waals surface area contributed by atoms with Crippen LogP contribution >= 0.6 is 0 Å². The maximum atomic E-state index is 12.7. The fraction of sp³-hybridized carbons (Fsp3) is 0.647. The normalized spacial score (nSPS) is 20.0. The number of amides is 2. The Morgan fingerprint density at radius 3 is 2.54 bits per heavy atom. The highest BCUT2D eigenvalue weighted by Crippen LogP contribution is 2.21. The molecule has 0 aliphatic carbocycles. The third-order valence-corrected chi connectivity index (χ3v) is 4.64. The summed E-state index contributed by atoms with van der Waals surface area (Å²) in [6.45, 7) is 8.72. The lowest BCUT2D eigenvalue weighted by Gasteiger charge is -2.34. The molecule has 0 radical (unpaired) electrons. The minimum absolute atomic E-state index is 0.0900. The second kappa shape index (κ2) is 7.76. The maximum absolute atomic E-state index is 12.7. The highest BCUT2D eigenvalue weighted by atomic mass is 16.6. The van der Waals surface area contributed by atoms with Crippen LogP contribution in [-0.4, -0.2) is 76.2 Å². The summed E-state index contributed by atoms with van der Waals surface area (Å²) in [5.41, 5.74) is 2.56. The van der Waals surface area contributed by atoms with E-state index in [0.29, 0.717) is 39.2 Å². The Morgan fingerprint density at radius 2 is 1.92 bits per heavy atom. The zero-order valence-electron chi connectivity index (χ0n) is 15.5. The summed E-state index contributed by atoms with van der Waals surface area (Å²) in [6.07, 6.45) is 1.43. The van der Waals surface area contributed by atoms with Crippen LogP contribution in [0.15, 0.2) is 11.4 Å². The van der Waals surface area contributed by atoms with Gasteiger partial charge in [0.15, 0.2) is 0 Å². The molecule has 0 bridgehead atoms. The van der Waals surface area contributed by atoms with Crippen LogP contribution in [0.3, 0.4) is 0 Å². The molecule has 0 saturated carbocycles. The summed E-state index contributed by atoms with van der Waals surface area (Å²) < 4.78 is 6.84. The lowest BCUT2D eigenvalue weighted by molar-refractivity contribution is -0.143. The molecule has 1 fully saturated rings. The second-order valence-corrected chi connectivity index (χ2v) is 6.33. The van der Waals surface area contributed by atoms with E-state index < -0.39 is 6.10 Å². The largest absolute Gasteiger partial charge is 0.450 e. The number of nitrogens with zero attached hydrogens (tertiary/aromatic N) is 5. The van der Waals surface area contributed by atoms with Crippen molar-refractivity contribution in [2.24, 2.45) is 5.16 Å². The van der Waals surface area contributed by atoms with E-state index in [2.05, 4.69) is 10.3 Å². The van der Waals surface area contributed by atoms with E-state index in [1.54, 1.807) is 16.7 Å². The van der Waals surface area contributed by atoms with E-state index in [0.717, 1.165) is 23.5 Å². The van der Waals surface area contributed by atoms with Crippen LogP contribution in [0, 0.1) is 6.92 Å². The van der Waals surface area contributed by atoms with Crippen molar-refractivity contribution in [2.45, 2.75) is 39.8 Å². The molecule has 2 aliphatic rings. The van der Waals surface area contributed by atoms with Crippen molar-refractivity contribution < 1.29 is 19.2 Å². The van der Waals surface area contributed by atoms with Crippen LogP contribution in [0.25, 0.3) is 0 Å². The maximum Gasteiger partial charge on any atom is 0.409 e. The van der Waals surface area contributed by atoms with Gasteiger partial charge in [-0.25, -0.2) is 4.79 Å². The van der Waals surface area contributed by atoms with Crippen molar-refractivity contribution in [1.29, 1.82) is 0 Å². The summed E-state index contributed by atoms with van der Waals surface area (Å²) in [5.74, 6) is -0.0900. The lowest BCUT2D eigenvalue weighted by Crippen LogP contribution is -2.53. The average molecular weight is 363 g/mol. The van der Waals surface area contributed by atoms with Gasteiger partial charge in [-0.3, -0.25) is 9.48 Å². The number of aromatic nitrogens is 2. The van der Waals surface area contributed by atoms with Crippen molar-refractivity contribution in [3.05, 3.63) is 17.5 Å². The molecule has 0 unspecified atom stereocenters. The zero-order chi connectivity index (χ0) is 18.7. The number of piperazine rings is 1. The van der Waals surface area contributed by atoms with Crippen molar-refractivity contribution in [3.8, 4) is 0 Å². The number of ether oxygens (including phenoxy) is 1. The third-order valence-electron chi connectivity index (χ3n) is 4.64. The molecule has 1 saturated heterocycles.